The number of anilines is 2. The first-order valence-electron chi connectivity index (χ1n) is 13.0. The van der Waals surface area contributed by atoms with E-state index in [1.807, 2.05) is 4.90 Å². The molecule has 1 spiro atoms. The Morgan fingerprint density at radius 3 is 2.54 bits per heavy atom. The molecule has 5 heterocycles. The highest BCUT2D eigenvalue weighted by Crippen LogP contribution is 2.45. The molecule has 0 aliphatic carbocycles. The van der Waals surface area contributed by atoms with Crippen molar-refractivity contribution < 1.29 is 33.4 Å². The fraction of sp³-hybridized carbons (Fsp3) is 0.560. The number of hydrogen-bond donors (Lipinski definition) is 2. The lowest BCUT2D eigenvalue weighted by Crippen LogP contribution is -2.74. The number of likely N-dealkylation sites (tertiary alicyclic amines) is 2. The molecule has 13 nitrogen and oxygen atoms in total. The minimum absolute atomic E-state index is 0.120. The predicted molar refractivity (Wildman–Crippen MR) is 136 cm³/mol. The van der Waals surface area contributed by atoms with Gasteiger partial charge in [0.15, 0.2) is 18.2 Å². The van der Waals surface area contributed by atoms with Crippen LogP contribution in [0, 0.1) is 11.2 Å². The molecule has 4 aliphatic heterocycles. The first kappa shape index (κ1) is 25.3. The Kier molecular flexibility index (Phi) is 6.08. The summed E-state index contributed by atoms with van der Waals surface area (Å²) in [6.45, 7) is 3.95. The molecular formula is C25H30FN7O6. The predicted octanol–water partition coefficient (Wildman–Crippen LogP) is 0.966. The molecule has 2 aromatic rings. The fourth-order valence-electron chi connectivity index (χ4n) is 6.34. The number of urea groups is 1. The Morgan fingerprint density at radius 2 is 1.87 bits per heavy atom. The number of aryl methyl sites for hydroxylation is 1. The Hall–Kier alpha value is -3.94. The second kappa shape index (κ2) is 9.36. The molecule has 0 saturated carbocycles. The molecule has 0 bridgehead atoms. The molecule has 4 fully saturated rings. The molecule has 2 N–H and O–H groups in total. The maximum Gasteiger partial charge on any atom is 0.410 e. The number of fused-ring (bicyclic) bond motifs is 1. The van der Waals surface area contributed by atoms with Crippen LogP contribution >= 0.6 is 0 Å². The van der Waals surface area contributed by atoms with Gasteiger partial charge in [-0.05, 0) is 25.0 Å². The zero-order valence-corrected chi connectivity index (χ0v) is 21.6. The van der Waals surface area contributed by atoms with Gasteiger partial charge in [0.2, 0.25) is 5.91 Å². The first-order valence-corrected chi connectivity index (χ1v) is 13.0. The molecule has 0 unspecified atom stereocenters. The zero-order chi connectivity index (χ0) is 27.5. The number of carbonyl (C=O) groups is 4. The maximum absolute atomic E-state index is 15.7. The number of carbonyl (C=O) groups excluding carboxylic acids is 3. The van der Waals surface area contributed by atoms with E-state index in [1.54, 1.807) is 24.1 Å². The average Bonchev–Trinajstić information content (AvgIpc) is 3.19. The lowest BCUT2D eigenvalue weighted by molar-refractivity contribution is -0.140. The zero-order valence-electron chi connectivity index (χ0n) is 21.6. The molecule has 1 aromatic heterocycles. The third-order valence-electron chi connectivity index (χ3n) is 8.24. The number of carboxylic acid groups (broad SMARTS) is 1. The van der Waals surface area contributed by atoms with Gasteiger partial charge >= 0.3 is 18.1 Å². The van der Waals surface area contributed by atoms with Crippen LogP contribution in [0.1, 0.15) is 19.3 Å². The summed E-state index contributed by atoms with van der Waals surface area (Å²) in [4.78, 5) is 53.8. The van der Waals surface area contributed by atoms with Gasteiger partial charge in [-0.2, -0.15) is 5.10 Å². The summed E-state index contributed by atoms with van der Waals surface area (Å²) in [7, 11) is 1.64. The SMILES string of the molecule is Cn1nc(N2CCC(=O)NC2=O)c2ccc(N3CC4(C3)CN(C3CCN(C(=O)OCC(=O)O)CC3)C4)c(F)c21. The Labute approximate surface area is 223 Å². The van der Waals surface area contributed by atoms with Crippen LogP contribution in [0.15, 0.2) is 12.1 Å². The minimum atomic E-state index is -1.17. The van der Waals surface area contributed by atoms with Gasteiger partial charge in [-0.1, -0.05) is 0 Å². The van der Waals surface area contributed by atoms with Crippen LogP contribution in [-0.4, -0.2) is 107 Å². The van der Waals surface area contributed by atoms with E-state index in [9.17, 15) is 19.2 Å². The summed E-state index contributed by atoms with van der Waals surface area (Å²) in [6.07, 6.45) is 1.19. The number of ether oxygens (including phenoxy) is 1. The number of piperidine rings is 1. The van der Waals surface area contributed by atoms with Crippen molar-refractivity contribution in [1.29, 1.82) is 0 Å². The number of amides is 4. The highest BCUT2D eigenvalue weighted by Gasteiger charge is 2.54. The summed E-state index contributed by atoms with van der Waals surface area (Å²) in [6, 6.07) is 3.32. The number of carboxylic acids is 1. The number of rotatable bonds is 5. The third kappa shape index (κ3) is 4.41. The molecule has 0 atom stereocenters. The maximum atomic E-state index is 15.7. The van der Waals surface area contributed by atoms with Crippen LogP contribution in [0.5, 0.6) is 0 Å². The second-order valence-corrected chi connectivity index (χ2v) is 10.9. The smallest absolute Gasteiger partial charge is 0.410 e. The highest BCUT2D eigenvalue weighted by molar-refractivity contribution is 6.09. The third-order valence-corrected chi connectivity index (χ3v) is 8.24. The van der Waals surface area contributed by atoms with E-state index in [0.717, 1.165) is 39.0 Å². The van der Waals surface area contributed by atoms with E-state index in [0.29, 0.717) is 41.5 Å². The van der Waals surface area contributed by atoms with Crippen molar-refractivity contribution in [3.8, 4) is 0 Å². The summed E-state index contributed by atoms with van der Waals surface area (Å²) in [5, 5.41) is 15.9. The molecule has 4 aliphatic rings. The molecule has 6 rings (SSSR count). The van der Waals surface area contributed by atoms with E-state index in [4.69, 9.17) is 9.84 Å². The highest BCUT2D eigenvalue weighted by atomic mass is 19.1. The fourth-order valence-corrected chi connectivity index (χ4v) is 6.34. The summed E-state index contributed by atoms with van der Waals surface area (Å²) in [5.41, 5.74) is 0.944. The van der Waals surface area contributed by atoms with E-state index >= 15 is 4.39 Å². The minimum Gasteiger partial charge on any atom is -0.479 e. The van der Waals surface area contributed by atoms with Crippen molar-refractivity contribution >= 4 is 46.4 Å². The lowest BCUT2D eigenvalue weighted by Gasteiger charge is -2.63. The number of imide groups is 1. The first-order chi connectivity index (χ1) is 18.6. The van der Waals surface area contributed by atoms with Crippen molar-refractivity contribution in [2.45, 2.75) is 25.3 Å². The van der Waals surface area contributed by atoms with Crippen molar-refractivity contribution in [2.24, 2.45) is 12.5 Å². The number of aromatic nitrogens is 2. The average molecular weight is 544 g/mol. The molecule has 1 aromatic carbocycles. The molecule has 14 heteroatoms. The Bertz CT molecular complexity index is 1360. The summed E-state index contributed by atoms with van der Waals surface area (Å²) in [5.74, 6) is -1.56. The van der Waals surface area contributed by atoms with E-state index in [-0.39, 0.29) is 30.1 Å². The second-order valence-electron chi connectivity index (χ2n) is 10.9. The molecule has 4 amide bonds. The number of halogens is 1. The van der Waals surface area contributed by atoms with Crippen LogP contribution in [-0.2, 0) is 21.4 Å². The topological polar surface area (TPSA) is 141 Å². The van der Waals surface area contributed by atoms with Crippen LogP contribution < -0.4 is 15.1 Å². The lowest BCUT2D eigenvalue weighted by atomic mass is 9.71. The van der Waals surface area contributed by atoms with E-state index < -0.39 is 24.7 Å². The van der Waals surface area contributed by atoms with Crippen LogP contribution in [0.4, 0.5) is 25.5 Å². The molecule has 0 radical (unpaired) electrons. The number of aliphatic carboxylic acids is 1. The monoisotopic (exact) mass is 543 g/mol. The quantitative estimate of drug-likeness (QED) is 0.564. The standard InChI is InChI=1S/C25H30FN7O6/c1-29-21-16(22(28-29)33-9-6-18(34)27-23(33)37)2-3-17(20(21)26)32-13-25(14-32)11-31(12-25)15-4-7-30(8-5-15)24(38)39-10-19(35)36/h2-3,15H,4-14H2,1H3,(H,35,36)(H,27,34,37). The van der Waals surface area contributed by atoms with Crippen molar-refractivity contribution in [3.63, 3.8) is 0 Å². The van der Waals surface area contributed by atoms with Crippen molar-refractivity contribution in [3.05, 3.63) is 17.9 Å². The van der Waals surface area contributed by atoms with Crippen LogP contribution in [0.2, 0.25) is 0 Å². The van der Waals surface area contributed by atoms with Gasteiger partial charge in [-0.25, -0.2) is 18.8 Å². The van der Waals surface area contributed by atoms with E-state index in [1.165, 1.54) is 9.58 Å². The Balaban J connectivity index is 1.05. The van der Waals surface area contributed by atoms with Crippen molar-refractivity contribution in [2.75, 3.05) is 62.2 Å². The van der Waals surface area contributed by atoms with Gasteiger partial charge in [0.25, 0.3) is 0 Å². The van der Waals surface area contributed by atoms with Crippen LogP contribution in [0.25, 0.3) is 10.9 Å². The van der Waals surface area contributed by atoms with Gasteiger partial charge < -0.3 is 19.6 Å². The van der Waals surface area contributed by atoms with Crippen molar-refractivity contribution in [1.82, 2.24) is 24.9 Å². The summed E-state index contributed by atoms with van der Waals surface area (Å²) < 4.78 is 21.9. The van der Waals surface area contributed by atoms with Gasteiger partial charge in [0.1, 0.15) is 5.52 Å². The Morgan fingerprint density at radius 1 is 1.15 bits per heavy atom. The van der Waals surface area contributed by atoms with Gasteiger partial charge in [-0.15, -0.1) is 0 Å². The molecular weight excluding hydrogens is 513 g/mol. The normalized spacial score (nSPS) is 21.6. The van der Waals surface area contributed by atoms with E-state index in [2.05, 4.69) is 15.3 Å². The van der Waals surface area contributed by atoms with Gasteiger partial charge in [0.05, 0.1) is 5.69 Å². The number of nitrogens with zero attached hydrogens (tertiary/aromatic N) is 6. The number of nitrogens with one attached hydrogen (secondary N) is 1. The van der Waals surface area contributed by atoms with Gasteiger partial charge in [-0.3, -0.25) is 24.6 Å². The molecule has 39 heavy (non-hydrogen) atoms. The number of hydrogen-bond acceptors (Lipinski definition) is 8. The number of benzene rings is 1. The molecule has 4 saturated heterocycles. The molecule has 208 valence electrons. The van der Waals surface area contributed by atoms with Crippen LogP contribution in [0.3, 0.4) is 0 Å². The summed E-state index contributed by atoms with van der Waals surface area (Å²) >= 11 is 0. The largest absolute Gasteiger partial charge is 0.479 e. The van der Waals surface area contributed by atoms with Gasteiger partial charge in [0, 0.05) is 76.1 Å².